The summed E-state index contributed by atoms with van der Waals surface area (Å²) < 4.78 is 11.0. The second kappa shape index (κ2) is 11.6. The first-order chi connectivity index (χ1) is 18.0. The first-order valence-corrected chi connectivity index (χ1v) is 13.4. The molecule has 2 fully saturated rings. The number of benzene rings is 3. The molecule has 3 aromatic rings. The molecule has 3 atom stereocenters. The highest BCUT2D eigenvalue weighted by molar-refractivity contribution is 8.01. The molecule has 3 aromatic carbocycles. The van der Waals surface area contributed by atoms with Crippen LogP contribution < -0.4 is 10.3 Å². The SMILES string of the molecule is COCC1CN(c2ccc(C(c3ccccc3)N3NC(=O)C(Sc4ccccc4Cl)C3=O)cc2)CCO1. The van der Waals surface area contributed by atoms with Crippen molar-refractivity contribution in [3.8, 4) is 0 Å². The van der Waals surface area contributed by atoms with Crippen LogP contribution in [-0.4, -0.2) is 61.6 Å². The van der Waals surface area contributed by atoms with Crippen LogP contribution in [0.25, 0.3) is 0 Å². The number of methoxy groups -OCH3 is 1. The fraction of sp³-hybridized carbons (Fsp3) is 0.286. The third kappa shape index (κ3) is 5.62. The molecule has 5 rings (SSSR count). The van der Waals surface area contributed by atoms with Crippen LogP contribution in [0, 0.1) is 0 Å². The largest absolute Gasteiger partial charge is 0.382 e. The normalized spacial score (nSPS) is 20.7. The zero-order chi connectivity index (χ0) is 25.8. The molecule has 7 nitrogen and oxygen atoms in total. The lowest BCUT2D eigenvalue weighted by atomic mass is 9.97. The Bertz CT molecular complexity index is 1240. The summed E-state index contributed by atoms with van der Waals surface area (Å²) in [7, 11) is 1.68. The van der Waals surface area contributed by atoms with Gasteiger partial charge in [-0.1, -0.05) is 66.2 Å². The van der Waals surface area contributed by atoms with Gasteiger partial charge in [0.15, 0.2) is 5.25 Å². The molecule has 9 heteroatoms. The van der Waals surface area contributed by atoms with Crippen LogP contribution in [0.15, 0.2) is 83.8 Å². The number of hydrogen-bond acceptors (Lipinski definition) is 6. The molecule has 0 aromatic heterocycles. The monoisotopic (exact) mass is 537 g/mol. The molecule has 0 bridgehead atoms. The maximum Gasteiger partial charge on any atom is 0.265 e. The van der Waals surface area contributed by atoms with Crippen LogP contribution in [0.2, 0.25) is 5.02 Å². The van der Waals surface area contributed by atoms with Gasteiger partial charge in [-0.25, -0.2) is 5.01 Å². The third-order valence-electron chi connectivity index (χ3n) is 6.45. The van der Waals surface area contributed by atoms with Crippen molar-refractivity contribution >= 4 is 40.9 Å². The Morgan fingerprint density at radius 3 is 2.46 bits per heavy atom. The van der Waals surface area contributed by atoms with Crippen LogP contribution in [-0.2, 0) is 19.1 Å². The number of hydrogen-bond donors (Lipinski definition) is 1. The van der Waals surface area contributed by atoms with Gasteiger partial charge in [-0.3, -0.25) is 15.0 Å². The minimum absolute atomic E-state index is 0.0282. The van der Waals surface area contributed by atoms with E-state index in [1.54, 1.807) is 13.2 Å². The molecule has 0 spiro atoms. The quantitative estimate of drug-likeness (QED) is 0.432. The minimum Gasteiger partial charge on any atom is -0.382 e. The predicted molar refractivity (Wildman–Crippen MR) is 145 cm³/mol. The Labute approximate surface area is 225 Å². The van der Waals surface area contributed by atoms with Gasteiger partial charge >= 0.3 is 0 Å². The van der Waals surface area contributed by atoms with E-state index in [1.807, 2.05) is 60.7 Å². The lowest BCUT2D eigenvalue weighted by molar-refractivity contribution is -0.131. The van der Waals surface area contributed by atoms with Crippen LogP contribution >= 0.6 is 23.4 Å². The molecule has 3 unspecified atom stereocenters. The zero-order valence-electron chi connectivity index (χ0n) is 20.4. The van der Waals surface area contributed by atoms with Crippen molar-refractivity contribution in [2.75, 3.05) is 38.3 Å². The van der Waals surface area contributed by atoms with Crippen molar-refractivity contribution in [2.45, 2.75) is 22.3 Å². The summed E-state index contributed by atoms with van der Waals surface area (Å²) in [5, 5.41) is 1.04. The number of nitrogens with one attached hydrogen (secondary N) is 1. The van der Waals surface area contributed by atoms with Crippen molar-refractivity contribution in [3.05, 3.63) is 95.0 Å². The molecule has 2 aliphatic rings. The molecule has 1 N–H and O–H groups in total. The van der Waals surface area contributed by atoms with Gasteiger partial charge in [-0.05, 0) is 35.4 Å². The van der Waals surface area contributed by atoms with E-state index in [9.17, 15) is 9.59 Å². The maximum atomic E-state index is 13.6. The molecular formula is C28H28ClN3O4S. The molecular weight excluding hydrogens is 510 g/mol. The fourth-order valence-electron chi connectivity index (χ4n) is 4.67. The second-order valence-electron chi connectivity index (χ2n) is 8.91. The maximum absolute atomic E-state index is 13.6. The van der Waals surface area contributed by atoms with E-state index < -0.39 is 11.3 Å². The Balaban J connectivity index is 1.41. The highest BCUT2D eigenvalue weighted by atomic mass is 35.5. The summed E-state index contributed by atoms with van der Waals surface area (Å²) in [6.07, 6.45) is 0.0282. The number of halogens is 1. The number of amides is 2. The standard InChI is InChI=1S/C28H28ClN3O4S/c1-35-18-22-17-31(15-16-36-22)21-13-11-20(12-14-21)25(19-7-3-2-4-8-19)32-28(34)26(27(33)30-32)37-24-10-6-5-9-23(24)29/h2-14,22,25-26H,15-18H2,1H3,(H,30,33). The zero-order valence-corrected chi connectivity index (χ0v) is 22.0. The number of ether oxygens (including phenoxy) is 2. The minimum atomic E-state index is -0.920. The number of rotatable bonds is 8. The summed E-state index contributed by atoms with van der Waals surface area (Å²) in [5.41, 5.74) is 5.70. The molecule has 2 saturated heterocycles. The summed E-state index contributed by atoms with van der Waals surface area (Å²) in [4.78, 5) is 29.5. The molecule has 37 heavy (non-hydrogen) atoms. The van der Waals surface area contributed by atoms with Gasteiger partial charge in [0.2, 0.25) is 0 Å². The van der Waals surface area contributed by atoms with Gasteiger partial charge in [0, 0.05) is 30.8 Å². The van der Waals surface area contributed by atoms with Gasteiger partial charge < -0.3 is 14.4 Å². The summed E-state index contributed by atoms with van der Waals surface area (Å²) in [6.45, 7) is 2.73. The number of morpholine rings is 1. The summed E-state index contributed by atoms with van der Waals surface area (Å²) in [5.74, 6) is -0.659. The van der Waals surface area contributed by atoms with Gasteiger partial charge in [0.25, 0.3) is 11.8 Å². The molecule has 192 valence electrons. The summed E-state index contributed by atoms with van der Waals surface area (Å²) in [6, 6.07) is 24.6. The van der Waals surface area contributed by atoms with Crippen molar-refractivity contribution in [1.29, 1.82) is 0 Å². The highest BCUT2D eigenvalue weighted by Gasteiger charge is 2.44. The average Bonchev–Trinajstić information content (AvgIpc) is 3.19. The first-order valence-electron chi connectivity index (χ1n) is 12.1. The lowest BCUT2D eigenvalue weighted by Gasteiger charge is -2.34. The van der Waals surface area contributed by atoms with E-state index >= 15 is 0 Å². The number of hydrazine groups is 1. The van der Waals surface area contributed by atoms with Crippen LogP contribution in [0.5, 0.6) is 0 Å². The number of carbonyl (C=O) groups excluding carboxylic acids is 2. The fourth-order valence-corrected chi connectivity index (χ4v) is 5.90. The topological polar surface area (TPSA) is 71.1 Å². The van der Waals surface area contributed by atoms with E-state index in [0.29, 0.717) is 23.1 Å². The van der Waals surface area contributed by atoms with Gasteiger partial charge in [-0.2, -0.15) is 0 Å². The van der Waals surface area contributed by atoms with Crippen molar-refractivity contribution < 1.29 is 19.1 Å². The van der Waals surface area contributed by atoms with Crippen LogP contribution in [0.1, 0.15) is 17.2 Å². The van der Waals surface area contributed by atoms with E-state index in [0.717, 1.165) is 29.9 Å². The van der Waals surface area contributed by atoms with E-state index in [2.05, 4.69) is 22.5 Å². The van der Waals surface area contributed by atoms with Crippen molar-refractivity contribution in [2.24, 2.45) is 0 Å². The van der Waals surface area contributed by atoms with Crippen molar-refractivity contribution in [3.63, 3.8) is 0 Å². The molecule has 2 aliphatic heterocycles. The smallest absolute Gasteiger partial charge is 0.265 e. The molecule has 0 aliphatic carbocycles. The number of anilines is 1. The van der Waals surface area contributed by atoms with E-state index in [4.69, 9.17) is 21.1 Å². The van der Waals surface area contributed by atoms with Crippen molar-refractivity contribution in [1.82, 2.24) is 10.4 Å². The lowest BCUT2D eigenvalue weighted by Crippen LogP contribution is -2.44. The Morgan fingerprint density at radius 2 is 1.73 bits per heavy atom. The van der Waals surface area contributed by atoms with Gasteiger partial charge in [0.1, 0.15) is 6.04 Å². The summed E-state index contributed by atoms with van der Waals surface area (Å²) >= 11 is 7.46. The molecule has 0 saturated carbocycles. The average molecular weight is 538 g/mol. The van der Waals surface area contributed by atoms with Crippen LogP contribution in [0.3, 0.4) is 0 Å². The first kappa shape index (κ1) is 25.6. The molecule has 2 heterocycles. The number of carbonyl (C=O) groups is 2. The number of thioether (sulfide) groups is 1. The van der Waals surface area contributed by atoms with E-state index in [-0.39, 0.29) is 17.9 Å². The predicted octanol–water partition coefficient (Wildman–Crippen LogP) is 4.32. The second-order valence-corrected chi connectivity index (χ2v) is 10.5. The highest BCUT2D eigenvalue weighted by Crippen LogP contribution is 2.37. The van der Waals surface area contributed by atoms with Gasteiger partial charge in [0.05, 0.1) is 24.3 Å². The molecule has 0 radical (unpaired) electrons. The third-order valence-corrected chi connectivity index (χ3v) is 8.15. The Hall–Kier alpha value is -3.04. The van der Waals surface area contributed by atoms with Gasteiger partial charge in [-0.15, -0.1) is 11.8 Å². The van der Waals surface area contributed by atoms with Crippen LogP contribution in [0.4, 0.5) is 5.69 Å². The van der Waals surface area contributed by atoms with E-state index in [1.165, 1.54) is 16.8 Å². The Morgan fingerprint density at radius 1 is 1.03 bits per heavy atom. The number of nitrogens with zero attached hydrogens (tertiary/aromatic N) is 2. The molecule has 2 amide bonds. The Kier molecular flexibility index (Phi) is 8.00.